The molecule has 17 heteroatoms. The van der Waals surface area contributed by atoms with E-state index in [4.69, 9.17) is 16.0 Å². The van der Waals surface area contributed by atoms with E-state index in [1.165, 1.54) is 48.5 Å². The van der Waals surface area contributed by atoms with Gasteiger partial charge in [-0.3, -0.25) is 9.59 Å². The number of benzene rings is 6. The van der Waals surface area contributed by atoms with Crippen molar-refractivity contribution in [2.75, 3.05) is 10.6 Å². The van der Waals surface area contributed by atoms with Gasteiger partial charge in [-0.25, -0.2) is 41.6 Å². The Hall–Kier alpha value is -5.30. The minimum absolute atomic E-state index is 0.0756. The zero-order chi connectivity index (χ0) is 38.4. The third-order valence-electron chi connectivity index (χ3n) is 8.10. The Bertz CT molecular complexity index is 2720. The third-order valence-corrected chi connectivity index (χ3v) is 11.3. The van der Waals surface area contributed by atoms with E-state index in [1.807, 2.05) is 12.1 Å². The van der Waals surface area contributed by atoms with Gasteiger partial charge in [0.1, 0.15) is 0 Å². The third kappa shape index (κ3) is 7.35. The van der Waals surface area contributed by atoms with Crippen molar-refractivity contribution < 1.29 is 40.8 Å². The van der Waals surface area contributed by atoms with Gasteiger partial charge in [0.05, 0.1) is 26.6 Å². The van der Waals surface area contributed by atoms with Gasteiger partial charge in [-0.2, -0.15) is 0 Å². The first-order chi connectivity index (χ1) is 25.0. The van der Waals surface area contributed by atoms with Crippen LogP contribution in [0.1, 0.15) is 41.4 Å². The van der Waals surface area contributed by atoms with Gasteiger partial charge in [0.15, 0.2) is 0 Å². The maximum absolute atomic E-state index is 13.0. The van der Waals surface area contributed by atoms with Gasteiger partial charge in [0, 0.05) is 36.5 Å². The SMILES string of the molecule is NS(=O)(=O)c1ccc(N2C(=O)c3cccc4c(Br)ccc(c34)C2=O)cc1.Nc1ccc(S(N)(=O)=O)cc1.O=C1OC(=O)c2ccc(Br)c3cccc1c23. The normalized spacial score (nSPS) is 13.5. The summed E-state index contributed by atoms with van der Waals surface area (Å²) in [5.74, 6) is -2.09. The van der Waals surface area contributed by atoms with E-state index >= 15 is 0 Å². The van der Waals surface area contributed by atoms with Gasteiger partial charge in [-0.15, -0.1) is 0 Å². The lowest BCUT2D eigenvalue weighted by Gasteiger charge is -2.27. The fourth-order valence-electron chi connectivity index (χ4n) is 5.64. The monoisotopic (exact) mass is 878 g/mol. The summed E-state index contributed by atoms with van der Waals surface area (Å²) < 4.78 is 50.5. The molecule has 0 spiro atoms. The maximum Gasteiger partial charge on any atom is 0.346 e. The predicted molar refractivity (Wildman–Crippen MR) is 204 cm³/mol. The molecule has 0 radical (unpaired) electrons. The number of sulfonamides is 2. The van der Waals surface area contributed by atoms with Crippen molar-refractivity contribution in [3.05, 3.63) is 140 Å². The Balaban J connectivity index is 0.000000151. The fraction of sp³-hybridized carbons (Fsp3) is 0. The standard InChI is InChI=1S/C18H11BrN2O4S.C12H5BrO3.C6H8N2O2S/c19-15-9-8-14-16-12(15)2-1-3-13(16)17(22)21(18(14)23)10-4-6-11(7-5-10)26(20,24)25;13-9-5-4-8-10-6(9)2-1-3-7(10)11(14)16-12(8)15;7-5-1-3-6(4-2-5)11(8,9)10/h1-9H,(H2,20,24,25);1-5H;1-4H,7H2,(H2,8,9,10). The first-order valence-electron chi connectivity index (χ1n) is 15.1. The van der Waals surface area contributed by atoms with E-state index in [9.17, 15) is 36.0 Å². The molecule has 0 aromatic heterocycles. The minimum Gasteiger partial charge on any atom is -0.399 e. The molecule has 53 heavy (non-hydrogen) atoms. The van der Waals surface area contributed by atoms with Crippen LogP contribution in [-0.2, 0) is 24.8 Å². The van der Waals surface area contributed by atoms with E-state index in [2.05, 4.69) is 36.6 Å². The lowest BCUT2D eigenvalue weighted by atomic mass is 9.94. The molecule has 6 aromatic carbocycles. The Morgan fingerprint density at radius 2 is 0.906 bits per heavy atom. The molecular formula is C36H24Br2N4O9S2. The Labute approximate surface area is 318 Å². The molecule has 0 bridgehead atoms. The minimum atomic E-state index is -3.86. The van der Waals surface area contributed by atoms with E-state index in [0.717, 1.165) is 24.6 Å². The summed E-state index contributed by atoms with van der Waals surface area (Å²) in [5.41, 5.74) is 7.82. The molecule has 2 heterocycles. The lowest BCUT2D eigenvalue weighted by Crippen LogP contribution is -2.40. The van der Waals surface area contributed by atoms with Crippen molar-refractivity contribution in [3.63, 3.8) is 0 Å². The van der Waals surface area contributed by atoms with Crippen molar-refractivity contribution in [1.29, 1.82) is 0 Å². The molecule has 0 atom stereocenters. The molecule has 2 aliphatic heterocycles. The molecule has 0 fully saturated rings. The van der Waals surface area contributed by atoms with Gasteiger partial charge in [0.2, 0.25) is 20.0 Å². The van der Waals surface area contributed by atoms with Gasteiger partial charge in [-0.1, -0.05) is 56.1 Å². The summed E-state index contributed by atoms with van der Waals surface area (Å²) in [6.07, 6.45) is 0. The second kappa shape index (κ2) is 14.3. The Morgan fingerprint density at radius 3 is 1.40 bits per heavy atom. The molecule has 268 valence electrons. The number of hydrogen-bond acceptors (Lipinski definition) is 10. The zero-order valence-electron chi connectivity index (χ0n) is 26.8. The largest absolute Gasteiger partial charge is 0.399 e. The maximum atomic E-state index is 13.0. The highest BCUT2D eigenvalue weighted by atomic mass is 79.9. The fourth-order valence-corrected chi connectivity index (χ4v) is 7.60. The second-order valence-electron chi connectivity index (χ2n) is 11.4. The number of carbonyl (C=O) groups is 4. The van der Waals surface area contributed by atoms with E-state index < -0.39 is 43.8 Å². The van der Waals surface area contributed by atoms with Crippen LogP contribution in [0, 0.1) is 0 Å². The van der Waals surface area contributed by atoms with Crippen molar-refractivity contribution >= 4 is 109 Å². The predicted octanol–water partition coefficient (Wildman–Crippen LogP) is 5.88. The summed E-state index contributed by atoms with van der Waals surface area (Å²) in [5, 5.41) is 12.8. The first-order valence-corrected chi connectivity index (χ1v) is 19.7. The smallest absolute Gasteiger partial charge is 0.346 e. The number of anilines is 2. The van der Waals surface area contributed by atoms with Crippen molar-refractivity contribution in [2.24, 2.45) is 10.3 Å². The topological polar surface area (TPSA) is 227 Å². The number of primary sulfonamides is 2. The lowest BCUT2D eigenvalue weighted by molar-refractivity contribution is 0.0390. The molecule has 0 saturated carbocycles. The van der Waals surface area contributed by atoms with E-state index in [0.29, 0.717) is 38.7 Å². The van der Waals surface area contributed by atoms with Gasteiger partial charge < -0.3 is 10.5 Å². The average Bonchev–Trinajstić information content (AvgIpc) is 3.11. The highest BCUT2D eigenvalue weighted by Crippen LogP contribution is 2.36. The quantitative estimate of drug-likeness (QED) is 0.0828. The molecule has 6 aromatic rings. The van der Waals surface area contributed by atoms with Gasteiger partial charge >= 0.3 is 11.9 Å². The van der Waals surface area contributed by atoms with Crippen LogP contribution in [0.5, 0.6) is 0 Å². The first kappa shape index (κ1) is 37.5. The number of esters is 2. The zero-order valence-corrected chi connectivity index (χ0v) is 31.6. The molecule has 0 aliphatic carbocycles. The summed E-state index contributed by atoms with van der Waals surface area (Å²) in [6, 6.07) is 28.4. The number of halogens is 2. The molecule has 0 unspecified atom stereocenters. The summed E-state index contributed by atoms with van der Waals surface area (Å²) in [7, 11) is -7.43. The number of imide groups is 1. The van der Waals surface area contributed by atoms with Gasteiger partial charge in [0.25, 0.3) is 11.8 Å². The number of hydrogen-bond donors (Lipinski definition) is 3. The number of ether oxygens (including phenoxy) is 1. The Kier molecular flexibility index (Phi) is 10.1. The van der Waals surface area contributed by atoms with Crippen LogP contribution >= 0.6 is 31.9 Å². The van der Waals surface area contributed by atoms with E-state index in [-0.39, 0.29) is 15.5 Å². The number of nitrogens with zero attached hydrogens (tertiary/aromatic N) is 1. The highest BCUT2D eigenvalue weighted by Gasteiger charge is 2.34. The van der Waals surface area contributed by atoms with Crippen molar-refractivity contribution in [1.82, 2.24) is 0 Å². The van der Waals surface area contributed by atoms with Crippen LogP contribution in [0.4, 0.5) is 11.4 Å². The molecule has 6 N–H and O–H groups in total. The van der Waals surface area contributed by atoms with Crippen molar-refractivity contribution in [3.8, 4) is 0 Å². The number of amides is 2. The molecule has 13 nitrogen and oxygen atoms in total. The van der Waals surface area contributed by atoms with Crippen LogP contribution in [-0.4, -0.2) is 40.6 Å². The number of nitrogen functional groups attached to an aromatic ring is 1. The van der Waals surface area contributed by atoms with Gasteiger partial charge in [-0.05, 0) is 95.7 Å². The van der Waals surface area contributed by atoms with Crippen LogP contribution < -0.4 is 20.9 Å². The second-order valence-corrected chi connectivity index (χ2v) is 16.3. The van der Waals surface area contributed by atoms with Crippen LogP contribution in [0.15, 0.2) is 128 Å². The van der Waals surface area contributed by atoms with Crippen LogP contribution in [0.2, 0.25) is 0 Å². The summed E-state index contributed by atoms with van der Waals surface area (Å²) in [6.45, 7) is 0. The van der Waals surface area contributed by atoms with Crippen LogP contribution in [0.25, 0.3) is 21.5 Å². The van der Waals surface area contributed by atoms with Crippen LogP contribution in [0.3, 0.4) is 0 Å². The number of carbonyl (C=O) groups excluding carboxylic acids is 4. The molecule has 2 amide bonds. The molecule has 0 saturated heterocycles. The summed E-state index contributed by atoms with van der Waals surface area (Å²) in [4.78, 5) is 50.0. The van der Waals surface area contributed by atoms with Crippen molar-refractivity contribution in [2.45, 2.75) is 9.79 Å². The highest BCUT2D eigenvalue weighted by molar-refractivity contribution is 9.11. The molecule has 2 aliphatic rings. The Morgan fingerprint density at radius 1 is 0.509 bits per heavy atom. The average molecular weight is 881 g/mol. The number of cyclic esters (lactones) is 2. The number of nitrogens with two attached hydrogens (primary N) is 3. The summed E-state index contributed by atoms with van der Waals surface area (Å²) >= 11 is 6.83. The van der Waals surface area contributed by atoms with E-state index in [1.54, 1.807) is 48.5 Å². The molecule has 8 rings (SSSR count). The molecular weight excluding hydrogens is 856 g/mol. The number of rotatable bonds is 3.